The Morgan fingerprint density at radius 3 is 1.95 bits per heavy atom. The third-order valence-corrected chi connectivity index (χ3v) is 3.00. The molecule has 0 fully saturated rings. The summed E-state index contributed by atoms with van der Waals surface area (Å²) in [5.41, 5.74) is 2.00. The monoisotopic (exact) mass is 317 g/mol. The van der Waals surface area contributed by atoms with E-state index in [0.29, 0.717) is 0 Å². The topological polar surface area (TPSA) is 57.2 Å². The van der Waals surface area contributed by atoms with E-state index in [9.17, 15) is 13.0 Å². The van der Waals surface area contributed by atoms with Crippen molar-refractivity contribution in [2.45, 2.75) is 11.8 Å². The molecule has 0 aliphatic heterocycles. The summed E-state index contributed by atoms with van der Waals surface area (Å²) in [5.74, 6) is 0. The molecule has 1 aliphatic rings. The van der Waals surface area contributed by atoms with E-state index in [0.717, 1.165) is 11.1 Å². The van der Waals surface area contributed by atoms with Gasteiger partial charge in [0.15, 0.2) is 0 Å². The van der Waals surface area contributed by atoms with E-state index in [4.69, 9.17) is 0 Å². The first-order valence-electron chi connectivity index (χ1n) is 5.29. The van der Waals surface area contributed by atoms with Crippen molar-refractivity contribution in [3.8, 4) is 0 Å². The Morgan fingerprint density at radius 2 is 1.63 bits per heavy atom. The van der Waals surface area contributed by atoms with Gasteiger partial charge in [-0.05, 0) is 24.6 Å². The molecule has 0 amide bonds. The summed E-state index contributed by atoms with van der Waals surface area (Å²) < 4.78 is 31.2. The Morgan fingerprint density at radius 1 is 1.05 bits per heavy atom. The van der Waals surface area contributed by atoms with Gasteiger partial charge in [0.25, 0.3) is 0 Å². The molecule has 1 aromatic carbocycles. The Kier molecular flexibility index (Phi) is 7.64. The molecular formula is C14H14MnO3S-. The van der Waals surface area contributed by atoms with Crippen LogP contribution in [-0.2, 0) is 27.2 Å². The Bertz CT molecular complexity index is 569. The van der Waals surface area contributed by atoms with E-state index in [-0.39, 0.29) is 22.0 Å². The number of aryl methyl sites for hydroxylation is 1. The average Bonchev–Trinajstić information content (AvgIpc) is 2.30. The number of hydrogen-bond acceptors (Lipinski definition) is 3. The normalized spacial score (nSPS) is 13.3. The van der Waals surface area contributed by atoms with Gasteiger partial charge in [0.05, 0.1) is 4.90 Å². The molecule has 1 aromatic rings. The van der Waals surface area contributed by atoms with Crippen molar-refractivity contribution >= 4 is 10.1 Å². The molecule has 5 heteroatoms. The van der Waals surface area contributed by atoms with Crippen LogP contribution >= 0.6 is 0 Å². The molecule has 0 bridgehead atoms. The molecule has 0 saturated heterocycles. The number of benzene rings is 1. The van der Waals surface area contributed by atoms with Crippen molar-refractivity contribution in [1.82, 2.24) is 0 Å². The third-order valence-electron chi connectivity index (χ3n) is 2.15. The van der Waals surface area contributed by atoms with E-state index in [2.05, 4.69) is 6.58 Å². The molecule has 0 heterocycles. The first-order chi connectivity index (χ1) is 8.39. The smallest absolute Gasteiger partial charge is 0.124 e. The molecular weight excluding hydrogens is 303 g/mol. The zero-order chi connectivity index (χ0) is 13.6. The van der Waals surface area contributed by atoms with E-state index in [1.807, 2.05) is 37.6 Å². The van der Waals surface area contributed by atoms with Gasteiger partial charge in [-0.3, -0.25) is 0 Å². The minimum Gasteiger partial charge on any atom is -0.744 e. The maximum absolute atomic E-state index is 10.4. The third kappa shape index (κ3) is 7.13. The van der Waals surface area contributed by atoms with Crippen LogP contribution in [0.1, 0.15) is 5.56 Å². The zero-order valence-corrected chi connectivity index (χ0v) is 12.4. The molecule has 0 spiro atoms. The number of hydrogen-bond donors (Lipinski definition) is 0. The van der Waals surface area contributed by atoms with Crippen molar-refractivity contribution in [2.75, 3.05) is 0 Å². The Balaban J connectivity index is 0.000000352. The second-order valence-corrected chi connectivity index (χ2v) is 5.13. The summed E-state index contributed by atoms with van der Waals surface area (Å²) in [7, 11) is -4.27. The summed E-state index contributed by atoms with van der Waals surface area (Å²) in [4.78, 5) is -0.178. The van der Waals surface area contributed by atoms with Gasteiger partial charge in [0.2, 0.25) is 0 Å². The minimum atomic E-state index is -4.27. The van der Waals surface area contributed by atoms with E-state index in [1.54, 1.807) is 12.1 Å². The molecule has 1 aliphatic carbocycles. The fraction of sp³-hybridized carbons (Fsp3) is 0.0714. The second-order valence-electron chi connectivity index (χ2n) is 3.75. The van der Waals surface area contributed by atoms with Crippen LogP contribution < -0.4 is 0 Å². The van der Waals surface area contributed by atoms with Crippen LogP contribution in [0.2, 0.25) is 0 Å². The van der Waals surface area contributed by atoms with Gasteiger partial charge in [-0.2, -0.15) is 0 Å². The van der Waals surface area contributed by atoms with Crippen molar-refractivity contribution in [2.24, 2.45) is 0 Å². The summed E-state index contributed by atoms with van der Waals surface area (Å²) in [5, 5.41) is 0. The second kappa shape index (κ2) is 8.12. The fourth-order valence-electron chi connectivity index (χ4n) is 1.18. The van der Waals surface area contributed by atoms with Gasteiger partial charge in [-0.15, -0.1) is 0 Å². The van der Waals surface area contributed by atoms with Crippen molar-refractivity contribution in [3.05, 3.63) is 72.7 Å². The maximum Gasteiger partial charge on any atom is 0.124 e. The predicted molar refractivity (Wildman–Crippen MR) is 70.9 cm³/mol. The fourth-order valence-corrected chi connectivity index (χ4v) is 1.65. The van der Waals surface area contributed by atoms with Gasteiger partial charge in [-0.1, -0.05) is 48.6 Å². The molecule has 3 nitrogen and oxygen atoms in total. The van der Waals surface area contributed by atoms with Gasteiger partial charge in [0.1, 0.15) is 10.1 Å². The van der Waals surface area contributed by atoms with E-state index < -0.39 is 10.1 Å². The molecule has 0 N–H and O–H groups in total. The standard InChI is InChI=1S/C7H8O3S.C7H7.Mn/c1-6-2-4-7(5-3-6)11(8,9)10;1-7-5-3-2-4-6-7;/h2-5H,1H3,(H,8,9,10);2-6H,1H2;/p-1. The van der Waals surface area contributed by atoms with Crippen LogP contribution in [0.4, 0.5) is 0 Å². The van der Waals surface area contributed by atoms with Gasteiger partial charge < -0.3 is 4.55 Å². The van der Waals surface area contributed by atoms with Crippen LogP contribution in [0.3, 0.4) is 0 Å². The Labute approximate surface area is 125 Å². The quantitative estimate of drug-likeness (QED) is 0.591. The summed E-state index contributed by atoms with van der Waals surface area (Å²) >= 11 is 0. The van der Waals surface area contributed by atoms with Crippen molar-refractivity contribution < 1.29 is 30.0 Å². The zero-order valence-electron chi connectivity index (χ0n) is 10.4. The van der Waals surface area contributed by atoms with Crippen LogP contribution in [0.5, 0.6) is 0 Å². The first kappa shape index (κ1) is 17.9. The number of rotatable bonds is 1. The predicted octanol–water partition coefficient (Wildman–Crippen LogP) is 2.77. The van der Waals surface area contributed by atoms with Crippen LogP contribution in [0, 0.1) is 13.3 Å². The molecule has 0 aromatic heterocycles. The van der Waals surface area contributed by atoms with Crippen LogP contribution in [0.25, 0.3) is 0 Å². The van der Waals surface area contributed by atoms with Gasteiger partial charge in [-0.25, -0.2) is 8.42 Å². The minimum absolute atomic E-state index is 0. The average molecular weight is 317 g/mol. The summed E-state index contributed by atoms with van der Waals surface area (Å²) in [6.45, 7) is 5.54. The summed E-state index contributed by atoms with van der Waals surface area (Å²) in [6, 6.07) is 5.78. The van der Waals surface area contributed by atoms with E-state index >= 15 is 0 Å². The van der Waals surface area contributed by atoms with Crippen molar-refractivity contribution in [1.29, 1.82) is 0 Å². The molecule has 19 heavy (non-hydrogen) atoms. The van der Waals surface area contributed by atoms with Crippen LogP contribution in [0.15, 0.2) is 65.6 Å². The van der Waals surface area contributed by atoms with Gasteiger partial charge >= 0.3 is 0 Å². The SMILES string of the molecule is C=C1[CH]C=CC=C1.Cc1ccc(S(=O)(=O)[O-])cc1.[Mn]. The maximum atomic E-state index is 10.4. The molecule has 0 unspecified atom stereocenters. The van der Waals surface area contributed by atoms with Crippen LogP contribution in [-0.4, -0.2) is 13.0 Å². The van der Waals surface area contributed by atoms with Gasteiger partial charge in [0, 0.05) is 23.5 Å². The molecule has 2 rings (SSSR count). The van der Waals surface area contributed by atoms with E-state index in [1.165, 1.54) is 12.1 Å². The van der Waals surface area contributed by atoms with Crippen molar-refractivity contribution in [3.63, 3.8) is 0 Å². The molecule has 2 radical (unpaired) electrons. The summed E-state index contributed by atoms with van der Waals surface area (Å²) in [6.07, 6.45) is 9.87. The Hall–Kier alpha value is -1.13. The number of allylic oxidation sites excluding steroid dienone is 5. The molecule has 0 saturated carbocycles. The largest absolute Gasteiger partial charge is 0.744 e. The first-order valence-corrected chi connectivity index (χ1v) is 6.70. The molecule has 102 valence electrons. The molecule has 0 atom stereocenters.